The van der Waals surface area contributed by atoms with Gasteiger partial charge in [-0.15, -0.1) is 0 Å². The molecule has 0 spiro atoms. The Balaban J connectivity index is 1.37. The molecule has 0 saturated carbocycles. The number of nitrogens with two attached hydrogens (primary N) is 1. The van der Waals surface area contributed by atoms with E-state index < -0.39 is 0 Å². The lowest BCUT2D eigenvalue weighted by Crippen LogP contribution is -2.41. The summed E-state index contributed by atoms with van der Waals surface area (Å²) in [6.07, 6.45) is 7.41. The van der Waals surface area contributed by atoms with E-state index >= 15 is 0 Å². The number of anilines is 3. The van der Waals surface area contributed by atoms with Gasteiger partial charge >= 0.3 is 6.01 Å². The molecule has 11 nitrogen and oxygen atoms in total. The summed E-state index contributed by atoms with van der Waals surface area (Å²) in [7, 11) is 2.12. The molecule has 1 amide bonds. The van der Waals surface area contributed by atoms with Gasteiger partial charge in [0.25, 0.3) is 0 Å². The average molecular weight is 472 g/mol. The monoisotopic (exact) mass is 471 g/mol. The molecule has 0 aliphatic carbocycles. The van der Waals surface area contributed by atoms with Crippen LogP contribution >= 0.6 is 0 Å². The average Bonchev–Trinajstić information content (AvgIpc) is 3.29. The maximum absolute atomic E-state index is 12.5. The summed E-state index contributed by atoms with van der Waals surface area (Å²) in [4.78, 5) is 27.9. The van der Waals surface area contributed by atoms with Gasteiger partial charge in [0.05, 0.1) is 25.9 Å². The lowest BCUT2D eigenvalue weighted by atomic mass is 10.1. The Bertz CT molecular complexity index is 970. The van der Waals surface area contributed by atoms with Crippen LogP contribution in [0, 0.1) is 0 Å². The van der Waals surface area contributed by atoms with E-state index in [-0.39, 0.29) is 30.4 Å². The molecule has 11 heteroatoms. The Morgan fingerprint density at radius 1 is 1.24 bits per heavy atom. The van der Waals surface area contributed by atoms with Crippen LogP contribution in [-0.4, -0.2) is 98.0 Å². The number of hydrogen-bond acceptors (Lipinski definition) is 10. The van der Waals surface area contributed by atoms with Gasteiger partial charge in [0.1, 0.15) is 18.1 Å². The summed E-state index contributed by atoms with van der Waals surface area (Å²) in [5.74, 6) is 1.81. The standard InChI is InChI=1S/C23H33N7O4/c1-28-6-2-4-16(12-19(28)29-7-10-32-11-8-29)13-30-14-18(31)25-20-21(24)26-23(27-22(20)30)34-15-17-5-3-9-33-17/h4,12,17H,2-3,5-11,13-15H2,1H3,(H,25,31)(H2,24,26,27). The van der Waals surface area contributed by atoms with Gasteiger partial charge in [-0.2, -0.15) is 9.97 Å². The molecule has 5 rings (SSSR count). The van der Waals surface area contributed by atoms with Crippen molar-refractivity contribution in [2.75, 3.05) is 82.1 Å². The third kappa shape index (κ3) is 5.05. The van der Waals surface area contributed by atoms with E-state index in [1.165, 1.54) is 5.82 Å². The Hall–Kier alpha value is -3.05. The highest BCUT2D eigenvalue weighted by atomic mass is 16.5. The Kier molecular flexibility index (Phi) is 6.73. The van der Waals surface area contributed by atoms with Crippen LogP contribution in [0.25, 0.3) is 0 Å². The SMILES string of the molecule is CN1CCC=C(CN2CC(=O)Nc3c(N)nc(OCC4CCCO4)nc32)C=C1N1CCOCC1. The number of hydrogen-bond donors (Lipinski definition) is 2. The van der Waals surface area contributed by atoms with E-state index in [1.807, 2.05) is 4.90 Å². The third-order valence-corrected chi connectivity index (χ3v) is 6.50. The molecule has 184 valence electrons. The van der Waals surface area contributed by atoms with Crippen molar-refractivity contribution in [2.24, 2.45) is 0 Å². The first-order valence-electron chi connectivity index (χ1n) is 12.0. The van der Waals surface area contributed by atoms with Crippen LogP contribution in [0.15, 0.2) is 23.5 Å². The van der Waals surface area contributed by atoms with Crippen LogP contribution in [0.5, 0.6) is 6.01 Å². The molecular formula is C23H33N7O4. The molecule has 0 bridgehead atoms. The van der Waals surface area contributed by atoms with Gasteiger partial charge in [0, 0.05) is 39.8 Å². The molecule has 2 fully saturated rings. The third-order valence-electron chi connectivity index (χ3n) is 6.50. The van der Waals surface area contributed by atoms with Crippen LogP contribution in [-0.2, 0) is 14.3 Å². The minimum absolute atomic E-state index is 0.0496. The van der Waals surface area contributed by atoms with Crippen LogP contribution in [0.2, 0.25) is 0 Å². The Labute approximate surface area is 199 Å². The maximum atomic E-state index is 12.5. The van der Waals surface area contributed by atoms with Gasteiger partial charge in [-0.05, 0) is 30.9 Å². The molecule has 1 aromatic heterocycles. The van der Waals surface area contributed by atoms with Crippen LogP contribution in [0.4, 0.5) is 17.3 Å². The predicted molar refractivity (Wildman–Crippen MR) is 128 cm³/mol. The Morgan fingerprint density at radius 2 is 2.09 bits per heavy atom. The van der Waals surface area contributed by atoms with E-state index in [2.05, 4.69) is 44.3 Å². The Morgan fingerprint density at radius 3 is 2.88 bits per heavy atom. The number of carbonyl (C=O) groups excluding carboxylic acids is 1. The van der Waals surface area contributed by atoms with E-state index in [1.54, 1.807) is 0 Å². The minimum Gasteiger partial charge on any atom is -0.461 e. The zero-order valence-corrected chi connectivity index (χ0v) is 19.7. The van der Waals surface area contributed by atoms with Gasteiger partial charge in [-0.25, -0.2) is 0 Å². The zero-order chi connectivity index (χ0) is 23.5. The molecule has 2 saturated heterocycles. The van der Waals surface area contributed by atoms with Crippen molar-refractivity contribution in [3.05, 3.63) is 23.5 Å². The number of fused-ring (bicyclic) bond motifs is 1. The molecule has 3 N–H and O–H groups in total. The summed E-state index contributed by atoms with van der Waals surface area (Å²) in [5.41, 5.74) is 7.76. The second-order valence-corrected chi connectivity index (χ2v) is 9.03. The van der Waals surface area contributed by atoms with Gasteiger partial charge in [0.15, 0.2) is 11.6 Å². The van der Waals surface area contributed by atoms with Crippen molar-refractivity contribution in [2.45, 2.75) is 25.4 Å². The summed E-state index contributed by atoms with van der Waals surface area (Å²) in [6, 6.07) is 0.201. The molecule has 4 aliphatic rings. The van der Waals surface area contributed by atoms with Crippen molar-refractivity contribution in [3.8, 4) is 6.01 Å². The molecule has 34 heavy (non-hydrogen) atoms. The number of carbonyl (C=O) groups is 1. The number of amides is 1. The lowest BCUT2D eigenvalue weighted by molar-refractivity contribution is -0.115. The first kappa shape index (κ1) is 22.7. The summed E-state index contributed by atoms with van der Waals surface area (Å²) < 4.78 is 17.0. The quantitative estimate of drug-likeness (QED) is 0.617. The van der Waals surface area contributed by atoms with Gasteiger partial charge in [-0.1, -0.05) is 6.08 Å². The highest BCUT2D eigenvalue weighted by Gasteiger charge is 2.29. The van der Waals surface area contributed by atoms with E-state index in [4.69, 9.17) is 19.9 Å². The van der Waals surface area contributed by atoms with Crippen molar-refractivity contribution in [3.63, 3.8) is 0 Å². The number of nitrogen functional groups attached to an aromatic ring is 1. The lowest BCUT2D eigenvalue weighted by Gasteiger charge is -2.36. The van der Waals surface area contributed by atoms with Crippen LogP contribution < -0.4 is 20.7 Å². The molecule has 0 aromatic carbocycles. The first-order chi connectivity index (χ1) is 16.6. The van der Waals surface area contributed by atoms with E-state index in [9.17, 15) is 4.79 Å². The van der Waals surface area contributed by atoms with Gasteiger partial charge in [-0.3, -0.25) is 4.79 Å². The largest absolute Gasteiger partial charge is 0.461 e. The number of ether oxygens (including phenoxy) is 3. The number of nitrogens with one attached hydrogen (secondary N) is 1. The zero-order valence-electron chi connectivity index (χ0n) is 19.7. The fourth-order valence-electron chi connectivity index (χ4n) is 4.71. The summed E-state index contributed by atoms with van der Waals surface area (Å²) in [6.45, 7) is 5.98. The molecule has 4 aliphatic heterocycles. The van der Waals surface area contributed by atoms with Gasteiger partial charge in [0.2, 0.25) is 5.91 Å². The second kappa shape index (κ2) is 10.1. The van der Waals surface area contributed by atoms with Crippen molar-refractivity contribution >= 4 is 23.2 Å². The minimum atomic E-state index is -0.139. The van der Waals surface area contributed by atoms with Crippen LogP contribution in [0.3, 0.4) is 0 Å². The number of morpholine rings is 1. The molecule has 1 atom stereocenters. The molecule has 5 heterocycles. The van der Waals surface area contributed by atoms with Crippen molar-refractivity contribution in [1.82, 2.24) is 19.8 Å². The number of nitrogens with zero attached hydrogens (tertiary/aromatic N) is 5. The van der Waals surface area contributed by atoms with E-state index in [0.29, 0.717) is 24.7 Å². The summed E-state index contributed by atoms with van der Waals surface area (Å²) >= 11 is 0. The molecule has 1 aromatic rings. The molecule has 1 unspecified atom stereocenters. The fraction of sp³-hybridized carbons (Fsp3) is 0.609. The highest BCUT2D eigenvalue weighted by Crippen LogP contribution is 2.34. The highest BCUT2D eigenvalue weighted by molar-refractivity contribution is 6.03. The smallest absolute Gasteiger partial charge is 0.320 e. The first-order valence-corrected chi connectivity index (χ1v) is 12.0. The predicted octanol–water partition coefficient (Wildman–Crippen LogP) is 0.811. The topological polar surface area (TPSA) is 118 Å². The summed E-state index contributed by atoms with van der Waals surface area (Å²) in [5, 5.41) is 2.82. The van der Waals surface area contributed by atoms with Crippen LogP contribution in [0.1, 0.15) is 19.3 Å². The number of rotatable bonds is 6. The fourth-order valence-corrected chi connectivity index (χ4v) is 4.71. The van der Waals surface area contributed by atoms with Gasteiger partial charge < -0.3 is 40.0 Å². The normalized spacial score (nSPS) is 23.1. The van der Waals surface area contributed by atoms with Crippen molar-refractivity contribution < 1.29 is 19.0 Å². The maximum Gasteiger partial charge on any atom is 0.320 e. The molecule has 0 radical (unpaired) electrons. The van der Waals surface area contributed by atoms with Crippen molar-refractivity contribution in [1.29, 1.82) is 0 Å². The van der Waals surface area contributed by atoms with E-state index in [0.717, 1.165) is 64.3 Å². The molecular weight excluding hydrogens is 438 g/mol. The second-order valence-electron chi connectivity index (χ2n) is 9.03. The number of aromatic nitrogens is 2.